The summed E-state index contributed by atoms with van der Waals surface area (Å²) in [6.07, 6.45) is -4.67. The number of hydrogen-bond donors (Lipinski definition) is 0. The SMILES string of the molecule is COc1nc(OCC(F)(F)F)c(F)cc1CN1C(=O)c2ccccc2C1=O. The van der Waals surface area contributed by atoms with E-state index < -0.39 is 36.3 Å². The highest BCUT2D eigenvalue weighted by atomic mass is 19.4. The highest BCUT2D eigenvalue weighted by Gasteiger charge is 2.36. The lowest BCUT2D eigenvalue weighted by Crippen LogP contribution is -2.29. The number of hydrogen-bond acceptors (Lipinski definition) is 5. The molecule has 142 valence electrons. The first-order chi connectivity index (χ1) is 12.7. The maximum Gasteiger partial charge on any atom is 0.422 e. The van der Waals surface area contributed by atoms with Crippen molar-refractivity contribution in [2.45, 2.75) is 12.7 Å². The van der Waals surface area contributed by atoms with Crippen LogP contribution < -0.4 is 9.47 Å². The van der Waals surface area contributed by atoms with Gasteiger partial charge in [-0.25, -0.2) is 4.39 Å². The van der Waals surface area contributed by atoms with Crippen molar-refractivity contribution in [1.82, 2.24) is 9.88 Å². The van der Waals surface area contributed by atoms with Crippen LogP contribution in [0.2, 0.25) is 0 Å². The third kappa shape index (κ3) is 3.69. The Kier molecular flexibility index (Phi) is 4.73. The van der Waals surface area contributed by atoms with Crippen LogP contribution in [-0.4, -0.2) is 41.6 Å². The molecular formula is C17H12F4N2O4. The Labute approximate surface area is 150 Å². The predicted molar refractivity (Wildman–Crippen MR) is 82.9 cm³/mol. The Hall–Kier alpha value is -3.17. The average Bonchev–Trinajstić information content (AvgIpc) is 2.85. The zero-order chi connectivity index (χ0) is 19.8. The third-order valence-electron chi connectivity index (χ3n) is 3.76. The van der Waals surface area contributed by atoms with Crippen molar-refractivity contribution in [2.75, 3.05) is 13.7 Å². The van der Waals surface area contributed by atoms with Gasteiger partial charge in [0.15, 0.2) is 12.4 Å². The first-order valence-electron chi connectivity index (χ1n) is 7.59. The molecule has 0 spiro atoms. The van der Waals surface area contributed by atoms with Crippen LogP contribution in [0.1, 0.15) is 26.3 Å². The molecule has 27 heavy (non-hydrogen) atoms. The fourth-order valence-electron chi connectivity index (χ4n) is 2.59. The van der Waals surface area contributed by atoms with E-state index in [0.717, 1.165) is 11.0 Å². The van der Waals surface area contributed by atoms with Crippen LogP contribution in [0.5, 0.6) is 11.8 Å². The summed E-state index contributed by atoms with van der Waals surface area (Å²) in [6, 6.07) is 6.99. The normalized spacial score (nSPS) is 13.7. The summed E-state index contributed by atoms with van der Waals surface area (Å²) in [4.78, 5) is 29.2. The lowest BCUT2D eigenvalue weighted by atomic mass is 10.1. The van der Waals surface area contributed by atoms with E-state index in [1.54, 1.807) is 12.1 Å². The number of nitrogens with zero attached hydrogens (tertiary/aromatic N) is 2. The summed E-state index contributed by atoms with van der Waals surface area (Å²) < 4.78 is 60.0. The molecule has 2 aromatic rings. The highest BCUT2D eigenvalue weighted by molar-refractivity contribution is 6.21. The topological polar surface area (TPSA) is 68.7 Å². The highest BCUT2D eigenvalue weighted by Crippen LogP contribution is 2.29. The number of fused-ring (bicyclic) bond motifs is 1. The minimum atomic E-state index is -4.67. The van der Waals surface area contributed by atoms with Gasteiger partial charge in [-0.3, -0.25) is 14.5 Å². The molecule has 10 heteroatoms. The van der Waals surface area contributed by atoms with Gasteiger partial charge in [0.2, 0.25) is 5.88 Å². The van der Waals surface area contributed by atoms with Gasteiger partial charge in [0.05, 0.1) is 24.8 Å². The fourth-order valence-corrected chi connectivity index (χ4v) is 2.59. The van der Waals surface area contributed by atoms with Crippen LogP contribution in [-0.2, 0) is 6.54 Å². The monoisotopic (exact) mass is 384 g/mol. The van der Waals surface area contributed by atoms with E-state index in [9.17, 15) is 27.2 Å². The number of imide groups is 1. The first-order valence-corrected chi connectivity index (χ1v) is 7.59. The number of benzene rings is 1. The molecule has 0 N–H and O–H groups in total. The first kappa shape index (κ1) is 18.6. The second kappa shape index (κ2) is 6.86. The molecule has 1 aromatic carbocycles. The maximum atomic E-state index is 14.1. The Bertz CT molecular complexity index is 879. The second-order valence-corrected chi connectivity index (χ2v) is 5.59. The van der Waals surface area contributed by atoms with Gasteiger partial charge in [-0.05, 0) is 18.2 Å². The zero-order valence-electron chi connectivity index (χ0n) is 13.8. The van der Waals surface area contributed by atoms with E-state index in [4.69, 9.17) is 4.74 Å². The van der Waals surface area contributed by atoms with Gasteiger partial charge in [0, 0.05) is 5.56 Å². The summed E-state index contributed by atoms with van der Waals surface area (Å²) in [5.74, 6) is -3.47. The van der Waals surface area contributed by atoms with E-state index in [1.807, 2.05) is 0 Å². The number of methoxy groups -OCH3 is 1. The number of ether oxygens (including phenoxy) is 2. The number of rotatable bonds is 5. The van der Waals surface area contributed by atoms with Gasteiger partial charge in [0.1, 0.15) is 0 Å². The Morgan fingerprint density at radius 2 is 1.67 bits per heavy atom. The van der Waals surface area contributed by atoms with E-state index >= 15 is 0 Å². The smallest absolute Gasteiger partial charge is 0.422 e. The molecule has 0 unspecified atom stereocenters. The van der Waals surface area contributed by atoms with Crippen LogP contribution in [0.4, 0.5) is 17.6 Å². The van der Waals surface area contributed by atoms with Gasteiger partial charge in [0.25, 0.3) is 17.7 Å². The molecule has 0 saturated carbocycles. The molecule has 0 radical (unpaired) electrons. The summed E-state index contributed by atoms with van der Waals surface area (Å²) in [7, 11) is 1.17. The molecule has 1 aliphatic rings. The third-order valence-corrected chi connectivity index (χ3v) is 3.76. The Morgan fingerprint density at radius 1 is 1.07 bits per heavy atom. The summed E-state index contributed by atoms with van der Waals surface area (Å²) in [5.41, 5.74) is 0.420. The van der Waals surface area contributed by atoms with E-state index in [0.29, 0.717) is 0 Å². The van der Waals surface area contributed by atoms with Crippen LogP contribution in [0.15, 0.2) is 30.3 Å². The van der Waals surface area contributed by atoms with E-state index in [2.05, 4.69) is 9.72 Å². The number of aromatic nitrogens is 1. The van der Waals surface area contributed by atoms with E-state index in [1.165, 1.54) is 19.2 Å². The van der Waals surface area contributed by atoms with Crippen LogP contribution >= 0.6 is 0 Å². The van der Waals surface area contributed by atoms with Gasteiger partial charge in [-0.15, -0.1) is 0 Å². The average molecular weight is 384 g/mol. The van der Waals surface area contributed by atoms with Gasteiger partial charge < -0.3 is 9.47 Å². The van der Waals surface area contributed by atoms with Crippen molar-refractivity contribution in [3.05, 3.63) is 52.8 Å². The molecule has 0 saturated heterocycles. The van der Waals surface area contributed by atoms with Crippen molar-refractivity contribution in [1.29, 1.82) is 0 Å². The standard InChI is InChI=1S/C17H12F4N2O4/c1-26-13-9(6-12(18)14(22-13)27-8-17(19,20)21)7-23-15(24)10-4-2-3-5-11(10)16(23)25/h2-6H,7-8H2,1H3. The molecule has 0 fully saturated rings. The summed E-state index contributed by atoms with van der Waals surface area (Å²) in [6.45, 7) is -2.09. The summed E-state index contributed by atoms with van der Waals surface area (Å²) in [5, 5.41) is 0. The number of halogens is 4. The van der Waals surface area contributed by atoms with Crippen molar-refractivity contribution in [3.63, 3.8) is 0 Å². The quantitative estimate of drug-likeness (QED) is 0.586. The molecule has 0 aliphatic carbocycles. The van der Waals surface area contributed by atoms with Crippen LogP contribution in [0.3, 0.4) is 0 Å². The zero-order valence-corrected chi connectivity index (χ0v) is 13.8. The molecule has 0 bridgehead atoms. The van der Waals surface area contributed by atoms with E-state index in [-0.39, 0.29) is 29.1 Å². The molecule has 2 amide bonds. The molecule has 1 aliphatic heterocycles. The van der Waals surface area contributed by atoms with Crippen LogP contribution in [0, 0.1) is 5.82 Å². The molecular weight excluding hydrogens is 372 g/mol. The van der Waals surface area contributed by atoms with Crippen molar-refractivity contribution in [3.8, 4) is 11.8 Å². The largest absolute Gasteiger partial charge is 0.481 e. The molecule has 6 nitrogen and oxygen atoms in total. The molecule has 2 heterocycles. The summed E-state index contributed by atoms with van der Waals surface area (Å²) >= 11 is 0. The minimum Gasteiger partial charge on any atom is -0.481 e. The number of carbonyl (C=O) groups is 2. The number of carbonyl (C=O) groups excluding carboxylic acids is 2. The minimum absolute atomic E-state index is 0.00358. The number of alkyl halides is 3. The molecule has 3 rings (SSSR count). The Morgan fingerprint density at radius 3 is 2.19 bits per heavy atom. The molecule has 0 atom stereocenters. The van der Waals surface area contributed by atoms with Gasteiger partial charge in [-0.2, -0.15) is 18.2 Å². The lowest BCUT2D eigenvalue weighted by Gasteiger charge is -2.17. The maximum absolute atomic E-state index is 14.1. The second-order valence-electron chi connectivity index (χ2n) is 5.59. The Balaban J connectivity index is 1.86. The molecule has 1 aromatic heterocycles. The number of pyridine rings is 1. The van der Waals surface area contributed by atoms with Crippen molar-refractivity contribution in [2.24, 2.45) is 0 Å². The van der Waals surface area contributed by atoms with Crippen LogP contribution in [0.25, 0.3) is 0 Å². The van der Waals surface area contributed by atoms with Crippen molar-refractivity contribution >= 4 is 11.8 Å². The number of amides is 2. The lowest BCUT2D eigenvalue weighted by molar-refractivity contribution is -0.154. The van der Waals surface area contributed by atoms with Gasteiger partial charge >= 0.3 is 6.18 Å². The predicted octanol–water partition coefficient (Wildman–Crippen LogP) is 2.97. The van der Waals surface area contributed by atoms with Crippen molar-refractivity contribution < 1.29 is 36.6 Å². The van der Waals surface area contributed by atoms with Gasteiger partial charge in [-0.1, -0.05) is 12.1 Å². The fraction of sp³-hybridized carbons (Fsp3) is 0.235.